The van der Waals surface area contributed by atoms with Gasteiger partial charge in [-0.15, -0.1) is 0 Å². The Hall–Kier alpha value is -2.03. The number of hydrogen-bond donors (Lipinski definition) is 0. The Morgan fingerprint density at radius 2 is 1.76 bits per heavy atom. The maximum atomic E-state index is 12.0. The molecule has 0 radical (unpaired) electrons. The summed E-state index contributed by atoms with van der Waals surface area (Å²) in [6, 6.07) is 2.13. The van der Waals surface area contributed by atoms with Crippen molar-refractivity contribution in [3.05, 3.63) is 44.8 Å². The average Bonchev–Trinajstić information content (AvgIpc) is 2.42. The van der Waals surface area contributed by atoms with E-state index in [0.717, 1.165) is 22.2 Å². The SMILES string of the molecule is Cc1c(C)c2cc3c(c(C)c2oc1=O)N(C)C(C)(C)C=C3. The number of hydrogen-bond acceptors (Lipinski definition) is 3. The van der Waals surface area contributed by atoms with Crippen molar-refractivity contribution in [2.75, 3.05) is 11.9 Å². The van der Waals surface area contributed by atoms with Gasteiger partial charge in [-0.1, -0.05) is 12.2 Å². The van der Waals surface area contributed by atoms with E-state index in [1.54, 1.807) is 0 Å². The summed E-state index contributed by atoms with van der Waals surface area (Å²) < 4.78 is 5.58. The molecule has 0 saturated heterocycles. The summed E-state index contributed by atoms with van der Waals surface area (Å²) in [5, 5.41) is 1.03. The Bertz CT molecular complexity index is 841. The largest absolute Gasteiger partial charge is 0.422 e. The second-order valence-corrected chi connectivity index (χ2v) is 6.50. The molecule has 0 spiro atoms. The molecule has 110 valence electrons. The van der Waals surface area contributed by atoms with Crippen LogP contribution >= 0.6 is 0 Å². The fourth-order valence-electron chi connectivity index (χ4n) is 3.02. The van der Waals surface area contributed by atoms with Gasteiger partial charge in [0.2, 0.25) is 0 Å². The van der Waals surface area contributed by atoms with E-state index in [4.69, 9.17) is 4.42 Å². The van der Waals surface area contributed by atoms with Crippen LogP contribution in [0.3, 0.4) is 0 Å². The lowest BCUT2D eigenvalue weighted by Crippen LogP contribution is -2.41. The zero-order valence-electron chi connectivity index (χ0n) is 13.5. The smallest absolute Gasteiger partial charge is 0.339 e. The monoisotopic (exact) mass is 283 g/mol. The van der Waals surface area contributed by atoms with E-state index >= 15 is 0 Å². The zero-order valence-corrected chi connectivity index (χ0v) is 13.5. The summed E-state index contributed by atoms with van der Waals surface area (Å²) in [5.41, 5.74) is 5.47. The Morgan fingerprint density at radius 1 is 1.10 bits per heavy atom. The van der Waals surface area contributed by atoms with Crippen LogP contribution in [0.2, 0.25) is 0 Å². The van der Waals surface area contributed by atoms with E-state index in [1.807, 2.05) is 20.8 Å². The van der Waals surface area contributed by atoms with Crippen LogP contribution in [-0.4, -0.2) is 12.6 Å². The molecule has 2 heterocycles. The molecule has 3 nitrogen and oxygen atoms in total. The maximum absolute atomic E-state index is 12.0. The highest BCUT2D eigenvalue weighted by atomic mass is 16.4. The third-order valence-corrected chi connectivity index (χ3v) is 4.85. The molecule has 0 aliphatic carbocycles. The fourth-order valence-corrected chi connectivity index (χ4v) is 3.02. The molecule has 0 bridgehead atoms. The van der Waals surface area contributed by atoms with Gasteiger partial charge in [0, 0.05) is 23.6 Å². The predicted molar refractivity (Wildman–Crippen MR) is 88.2 cm³/mol. The normalized spacial score (nSPS) is 16.4. The van der Waals surface area contributed by atoms with Gasteiger partial charge in [0.1, 0.15) is 5.58 Å². The molecule has 0 saturated carbocycles. The summed E-state index contributed by atoms with van der Waals surface area (Å²) in [7, 11) is 2.08. The topological polar surface area (TPSA) is 33.5 Å². The van der Waals surface area contributed by atoms with E-state index in [9.17, 15) is 4.79 Å². The molecular weight excluding hydrogens is 262 g/mol. The van der Waals surface area contributed by atoms with Crippen molar-refractivity contribution in [1.29, 1.82) is 0 Å². The minimum atomic E-state index is -0.240. The molecule has 0 atom stereocenters. The van der Waals surface area contributed by atoms with Crippen molar-refractivity contribution in [1.82, 2.24) is 0 Å². The molecule has 0 fully saturated rings. The number of benzene rings is 1. The van der Waals surface area contributed by atoms with Gasteiger partial charge in [-0.3, -0.25) is 0 Å². The second-order valence-electron chi connectivity index (χ2n) is 6.50. The minimum absolute atomic E-state index is 0.0501. The van der Waals surface area contributed by atoms with Crippen LogP contribution in [0.4, 0.5) is 5.69 Å². The summed E-state index contributed by atoms with van der Waals surface area (Å²) in [6.07, 6.45) is 4.38. The van der Waals surface area contributed by atoms with Crippen molar-refractivity contribution in [2.45, 2.75) is 40.2 Å². The van der Waals surface area contributed by atoms with Crippen molar-refractivity contribution in [3.63, 3.8) is 0 Å². The van der Waals surface area contributed by atoms with Crippen molar-refractivity contribution >= 4 is 22.7 Å². The molecule has 0 unspecified atom stereocenters. The van der Waals surface area contributed by atoms with E-state index in [2.05, 4.69) is 44.0 Å². The zero-order chi connectivity index (χ0) is 15.5. The first-order valence-electron chi connectivity index (χ1n) is 7.24. The Morgan fingerprint density at radius 3 is 2.43 bits per heavy atom. The number of likely N-dealkylation sites (N-methyl/N-ethyl adjacent to an activating group) is 1. The van der Waals surface area contributed by atoms with Gasteiger partial charge in [-0.25, -0.2) is 4.79 Å². The van der Waals surface area contributed by atoms with Gasteiger partial charge < -0.3 is 9.32 Å². The third-order valence-electron chi connectivity index (χ3n) is 4.85. The van der Waals surface area contributed by atoms with Gasteiger partial charge >= 0.3 is 5.63 Å². The number of fused-ring (bicyclic) bond motifs is 2. The van der Waals surface area contributed by atoms with Gasteiger partial charge in [0.25, 0.3) is 0 Å². The summed E-state index contributed by atoms with van der Waals surface area (Å²) in [6.45, 7) is 10.2. The van der Waals surface area contributed by atoms with Crippen LogP contribution in [-0.2, 0) is 0 Å². The first kappa shape index (κ1) is 13.9. The van der Waals surface area contributed by atoms with E-state index in [-0.39, 0.29) is 11.2 Å². The Kier molecular flexibility index (Phi) is 2.81. The molecular formula is C18H21NO2. The molecule has 1 aromatic heterocycles. The number of rotatable bonds is 0. The van der Waals surface area contributed by atoms with Crippen LogP contribution in [0, 0.1) is 20.8 Å². The molecule has 1 aromatic carbocycles. The van der Waals surface area contributed by atoms with Gasteiger partial charge in [0.05, 0.1) is 11.2 Å². The number of nitrogens with zero attached hydrogens (tertiary/aromatic N) is 1. The molecule has 3 heteroatoms. The van der Waals surface area contributed by atoms with E-state index in [1.165, 1.54) is 5.56 Å². The highest BCUT2D eigenvalue weighted by Crippen LogP contribution is 2.40. The molecule has 3 rings (SSSR count). The Balaban J connectivity index is 2.46. The minimum Gasteiger partial charge on any atom is -0.422 e. The summed E-state index contributed by atoms with van der Waals surface area (Å²) in [5.74, 6) is 0. The summed E-state index contributed by atoms with van der Waals surface area (Å²) >= 11 is 0. The first-order valence-corrected chi connectivity index (χ1v) is 7.24. The van der Waals surface area contributed by atoms with Gasteiger partial charge in [0.15, 0.2) is 0 Å². The van der Waals surface area contributed by atoms with Gasteiger partial charge in [-0.2, -0.15) is 0 Å². The molecule has 21 heavy (non-hydrogen) atoms. The van der Waals surface area contributed by atoms with Crippen molar-refractivity contribution < 1.29 is 4.42 Å². The van der Waals surface area contributed by atoms with E-state index < -0.39 is 0 Å². The van der Waals surface area contributed by atoms with Gasteiger partial charge in [-0.05, 0) is 51.8 Å². The van der Waals surface area contributed by atoms with Crippen LogP contribution in [0.15, 0.2) is 21.4 Å². The highest BCUT2D eigenvalue weighted by molar-refractivity contribution is 5.94. The van der Waals surface area contributed by atoms with Crippen LogP contribution in [0.25, 0.3) is 17.0 Å². The molecule has 0 N–H and O–H groups in total. The number of anilines is 1. The van der Waals surface area contributed by atoms with Crippen LogP contribution in [0.1, 0.15) is 36.1 Å². The number of aryl methyl sites for hydroxylation is 2. The molecule has 1 aliphatic heterocycles. The molecule has 0 amide bonds. The Labute approximate surface area is 124 Å². The van der Waals surface area contributed by atoms with E-state index in [0.29, 0.717) is 11.1 Å². The van der Waals surface area contributed by atoms with Crippen molar-refractivity contribution in [2.24, 2.45) is 0 Å². The highest BCUT2D eigenvalue weighted by Gasteiger charge is 2.28. The standard InChI is InChI=1S/C18H21NO2/c1-10-11(2)17(20)21-16-12(3)15-13(9-14(10)16)7-8-18(4,5)19(15)6/h7-9H,1-6H3. The fraction of sp³-hybridized carbons (Fsp3) is 0.389. The maximum Gasteiger partial charge on any atom is 0.339 e. The lowest BCUT2D eigenvalue weighted by molar-refractivity contribution is 0.549. The van der Waals surface area contributed by atoms with Crippen molar-refractivity contribution in [3.8, 4) is 0 Å². The second kappa shape index (κ2) is 4.23. The molecule has 1 aliphatic rings. The average molecular weight is 283 g/mol. The predicted octanol–water partition coefficient (Wildman–Crippen LogP) is 3.96. The van der Waals surface area contributed by atoms with Crippen LogP contribution < -0.4 is 10.5 Å². The quantitative estimate of drug-likeness (QED) is 0.686. The van der Waals surface area contributed by atoms with Crippen LogP contribution in [0.5, 0.6) is 0 Å². The third kappa shape index (κ3) is 1.84. The molecule has 2 aromatic rings. The lowest BCUT2D eigenvalue weighted by Gasteiger charge is -2.40. The lowest BCUT2D eigenvalue weighted by atomic mass is 9.90. The summed E-state index contributed by atoms with van der Waals surface area (Å²) in [4.78, 5) is 14.2. The first-order chi connectivity index (χ1) is 9.74.